The zero-order valence-electron chi connectivity index (χ0n) is 16.1. The molecule has 1 spiro atoms. The van der Waals surface area contributed by atoms with E-state index in [-0.39, 0.29) is 5.54 Å². The molecule has 0 saturated carbocycles. The molecular weight excluding hydrogens is 324 g/mol. The van der Waals surface area contributed by atoms with Crippen molar-refractivity contribution in [2.75, 3.05) is 19.0 Å². The second-order valence-corrected chi connectivity index (χ2v) is 8.07. The van der Waals surface area contributed by atoms with Crippen molar-refractivity contribution in [2.24, 2.45) is 4.99 Å². The van der Waals surface area contributed by atoms with Crippen LogP contribution in [0.5, 0.6) is 0 Å². The van der Waals surface area contributed by atoms with Gasteiger partial charge >= 0.3 is 0 Å². The molecule has 5 nitrogen and oxygen atoms in total. The van der Waals surface area contributed by atoms with Gasteiger partial charge in [-0.15, -0.1) is 0 Å². The van der Waals surface area contributed by atoms with Gasteiger partial charge in [0.15, 0.2) is 0 Å². The second-order valence-electron chi connectivity index (χ2n) is 8.07. The summed E-state index contributed by atoms with van der Waals surface area (Å²) in [5.74, 6) is 0.742. The highest BCUT2D eigenvalue weighted by Gasteiger charge is 2.48. The molecule has 4 rings (SSSR count). The topological polar surface area (TPSA) is 40.1 Å². The Kier molecular flexibility index (Phi) is 3.74. The van der Waals surface area contributed by atoms with Gasteiger partial charge in [0.05, 0.1) is 0 Å². The Morgan fingerprint density at radius 1 is 1.00 bits per heavy atom. The van der Waals surface area contributed by atoms with Crippen LogP contribution in [0.15, 0.2) is 53.5 Å². The number of anilines is 1. The van der Waals surface area contributed by atoms with E-state index in [2.05, 4.69) is 86.6 Å². The minimum Gasteiger partial charge on any atom is -0.370 e. The van der Waals surface area contributed by atoms with E-state index in [1.165, 1.54) is 5.56 Å². The highest BCUT2D eigenvalue weighted by atomic mass is 16.7. The molecule has 2 heterocycles. The number of rotatable bonds is 0. The third-order valence-electron chi connectivity index (χ3n) is 4.79. The third-order valence-corrected chi connectivity index (χ3v) is 4.79. The highest BCUT2D eigenvalue weighted by molar-refractivity contribution is 5.82. The molecule has 5 heteroatoms. The summed E-state index contributed by atoms with van der Waals surface area (Å²) in [5, 5.41) is 5.22. The zero-order chi connectivity index (χ0) is 18.5. The monoisotopic (exact) mass is 350 g/mol. The number of hydrogen-bond acceptors (Lipinski definition) is 5. The largest absolute Gasteiger partial charge is 0.370 e. The lowest BCUT2D eigenvalue weighted by molar-refractivity contribution is -0.153. The van der Waals surface area contributed by atoms with Gasteiger partial charge in [-0.3, -0.25) is 0 Å². The lowest BCUT2D eigenvalue weighted by atomic mass is 9.91. The van der Waals surface area contributed by atoms with Crippen molar-refractivity contribution in [3.63, 3.8) is 0 Å². The smallest absolute Gasteiger partial charge is 0.242 e. The van der Waals surface area contributed by atoms with Gasteiger partial charge < -0.3 is 10.2 Å². The van der Waals surface area contributed by atoms with Crippen LogP contribution in [0.1, 0.15) is 37.5 Å². The molecule has 0 aromatic heterocycles. The molecule has 0 amide bonds. The van der Waals surface area contributed by atoms with E-state index < -0.39 is 5.72 Å². The SMILES string of the molecule is CN1OC2(N=C1NC(C)(C)C)c1ccccc1CN(C)c1ccccc12. The summed E-state index contributed by atoms with van der Waals surface area (Å²) in [6.45, 7) is 7.19. The molecule has 2 aliphatic heterocycles. The number of fused-ring (bicyclic) bond motifs is 4. The van der Waals surface area contributed by atoms with Crippen LogP contribution in [0.4, 0.5) is 5.69 Å². The van der Waals surface area contributed by atoms with E-state index in [1.807, 2.05) is 7.05 Å². The van der Waals surface area contributed by atoms with Crippen molar-refractivity contribution in [1.82, 2.24) is 10.4 Å². The van der Waals surface area contributed by atoms with E-state index in [1.54, 1.807) is 5.06 Å². The Morgan fingerprint density at radius 2 is 1.65 bits per heavy atom. The van der Waals surface area contributed by atoms with Gasteiger partial charge in [-0.05, 0) is 32.4 Å². The first-order valence-corrected chi connectivity index (χ1v) is 9.00. The third kappa shape index (κ3) is 2.63. The van der Waals surface area contributed by atoms with Gasteiger partial charge in [0.25, 0.3) is 0 Å². The van der Waals surface area contributed by atoms with Crippen LogP contribution in [0.25, 0.3) is 0 Å². The molecular formula is C21H26N4O. The molecule has 2 aromatic rings. The molecule has 2 aromatic carbocycles. The van der Waals surface area contributed by atoms with E-state index in [9.17, 15) is 0 Å². The quantitative estimate of drug-likeness (QED) is 0.790. The summed E-state index contributed by atoms with van der Waals surface area (Å²) in [5.41, 5.74) is 3.53. The first-order chi connectivity index (χ1) is 12.3. The summed E-state index contributed by atoms with van der Waals surface area (Å²) in [6, 6.07) is 16.8. The highest BCUT2D eigenvalue weighted by Crippen LogP contribution is 2.47. The van der Waals surface area contributed by atoms with Crippen LogP contribution in [-0.4, -0.2) is 30.7 Å². The van der Waals surface area contributed by atoms with Crippen LogP contribution < -0.4 is 10.2 Å². The van der Waals surface area contributed by atoms with Crippen LogP contribution >= 0.6 is 0 Å². The van der Waals surface area contributed by atoms with Gasteiger partial charge in [0.1, 0.15) is 0 Å². The molecule has 0 bridgehead atoms. The van der Waals surface area contributed by atoms with Gasteiger partial charge in [0.2, 0.25) is 11.7 Å². The lowest BCUT2D eigenvalue weighted by Gasteiger charge is -2.29. The summed E-state index contributed by atoms with van der Waals surface area (Å²) in [4.78, 5) is 13.8. The van der Waals surface area contributed by atoms with Crippen molar-refractivity contribution in [1.29, 1.82) is 0 Å². The van der Waals surface area contributed by atoms with Crippen molar-refractivity contribution in [3.8, 4) is 0 Å². The van der Waals surface area contributed by atoms with E-state index in [0.717, 1.165) is 29.3 Å². The molecule has 1 unspecified atom stereocenters. The predicted molar refractivity (Wildman–Crippen MR) is 105 cm³/mol. The van der Waals surface area contributed by atoms with Gasteiger partial charge in [-0.25, -0.2) is 14.9 Å². The Morgan fingerprint density at radius 3 is 2.38 bits per heavy atom. The Balaban J connectivity index is 1.97. The summed E-state index contributed by atoms with van der Waals surface area (Å²) in [7, 11) is 4.03. The number of hydrogen-bond donors (Lipinski definition) is 1. The standard InChI is InChI=1S/C21H26N4O/c1-20(2,3)22-19-23-21(26-25(19)5)16-11-7-6-10-15(16)14-24(4)18-13-9-8-12-17(18)21/h6-13H,14H2,1-5H3,(H,22,23). The fraction of sp³-hybridized carbons (Fsp3) is 0.381. The van der Waals surface area contributed by atoms with Crippen LogP contribution in [0, 0.1) is 0 Å². The average molecular weight is 350 g/mol. The normalized spacial score (nSPS) is 22.0. The first kappa shape index (κ1) is 16.9. The molecule has 136 valence electrons. The summed E-state index contributed by atoms with van der Waals surface area (Å²) in [6.07, 6.45) is 0. The van der Waals surface area contributed by atoms with Crippen molar-refractivity contribution < 1.29 is 4.84 Å². The number of nitrogens with zero attached hydrogens (tertiary/aromatic N) is 3. The molecule has 1 atom stereocenters. The summed E-state index contributed by atoms with van der Waals surface area (Å²) >= 11 is 0. The van der Waals surface area contributed by atoms with Crippen LogP contribution in [-0.2, 0) is 17.1 Å². The Hall–Kier alpha value is -2.53. The number of benzene rings is 2. The van der Waals surface area contributed by atoms with Crippen molar-refractivity contribution in [2.45, 2.75) is 38.6 Å². The van der Waals surface area contributed by atoms with Gasteiger partial charge in [-0.2, -0.15) is 0 Å². The zero-order valence-corrected chi connectivity index (χ0v) is 16.1. The van der Waals surface area contributed by atoms with Crippen LogP contribution in [0.3, 0.4) is 0 Å². The predicted octanol–water partition coefficient (Wildman–Crippen LogP) is 3.46. The number of nitrogens with one attached hydrogen (secondary N) is 1. The van der Waals surface area contributed by atoms with Crippen LogP contribution in [0.2, 0.25) is 0 Å². The Bertz CT molecular complexity index is 870. The fourth-order valence-corrected chi connectivity index (χ4v) is 3.71. The average Bonchev–Trinajstić information content (AvgIpc) is 2.86. The van der Waals surface area contributed by atoms with Gasteiger partial charge in [-0.1, -0.05) is 42.5 Å². The maximum atomic E-state index is 6.47. The molecule has 1 N–H and O–H groups in total. The molecule has 0 aliphatic carbocycles. The maximum Gasteiger partial charge on any atom is 0.242 e. The minimum atomic E-state index is -0.875. The fourth-order valence-electron chi connectivity index (χ4n) is 3.71. The molecule has 26 heavy (non-hydrogen) atoms. The number of para-hydroxylation sites is 1. The number of aliphatic imine (C=N–C) groups is 1. The molecule has 0 fully saturated rings. The lowest BCUT2D eigenvalue weighted by Crippen LogP contribution is -2.46. The second kappa shape index (κ2) is 5.74. The maximum absolute atomic E-state index is 6.47. The molecule has 2 aliphatic rings. The van der Waals surface area contributed by atoms with E-state index in [0.29, 0.717) is 0 Å². The number of guanidine groups is 1. The molecule has 0 radical (unpaired) electrons. The molecule has 0 saturated heterocycles. The van der Waals surface area contributed by atoms with Gasteiger partial charge in [0, 0.05) is 43.0 Å². The van der Waals surface area contributed by atoms with E-state index >= 15 is 0 Å². The Labute approximate surface area is 155 Å². The van der Waals surface area contributed by atoms with E-state index in [4.69, 9.17) is 9.83 Å². The number of hydroxylamine groups is 2. The summed E-state index contributed by atoms with van der Waals surface area (Å²) < 4.78 is 0. The minimum absolute atomic E-state index is 0.109. The van der Waals surface area contributed by atoms with Crippen molar-refractivity contribution in [3.05, 3.63) is 65.2 Å². The first-order valence-electron chi connectivity index (χ1n) is 9.00. The van der Waals surface area contributed by atoms with Crippen molar-refractivity contribution >= 4 is 11.6 Å².